The number of thiazole rings is 1. The average Bonchev–Trinajstić information content (AvgIpc) is 2.67. The third-order valence-corrected chi connectivity index (χ3v) is 3.17. The molecular weight excluding hydrogens is 304 g/mol. The van der Waals surface area contributed by atoms with E-state index in [4.69, 9.17) is 0 Å². The van der Waals surface area contributed by atoms with Crippen LogP contribution in [-0.2, 0) is 0 Å². The van der Waals surface area contributed by atoms with Gasteiger partial charge in [0, 0.05) is 17.2 Å². The van der Waals surface area contributed by atoms with Crippen molar-refractivity contribution in [1.82, 2.24) is 15.3 Å². The zero-order valence-corrected chi connectivity index (χ0v) is 11.1. The Labute approximate surface area is 110 Å². The van der Waals surface area contributed by atoms with E-state index in [9.17, 15) is 4.79 Å². The van der Waals surface area contributed by atoms with Crippen LogP contribution in [0.1, 0.15) is 0 Å². The number of anilines is 1. The molecule has 2 amide bonds. The van der Waals surface area contributed by atoms with E-state index in [-0.39, 0.29) is 6.03 Å². The summed E-state index contributed by atoms with van der Waals surface area (Å²) in [4.78, 5) is 20.6. The molecule has 5 nitrogen and oxygen atoms in total. The molecule has 2 aromatic rings. The summed E-state index contributed by atoms with van der Waals surface area (Å²) < 4.78 is 0.859. The van der Waals surface area contributed by atoms with E-state index in [0.29, 0.717) is 11.7 Å². The molecule has 0 spiro atoms. The second-order valence-corrected chi connectivity index (χ2v) is 5.01. The van der Waals surface area contributed by atoms with Gasteiger partial charge in [0.15, 0.2) is 5.13 Å². The fourth-order valence-electron chi connectivity index (χ4n) is 1.16. The molecule has 2 rings (SSSR count). The highest BCUT2D eigenvalue weighted by molar-refractivity contribution is 9.10. The van der Waals surface area contributed by atoms with Crippen molar-refractivity contribution in [3.05, 3.63) is 29.4 Å². The number of hydrogen-bond acceptors (Lipinski definition) is 4. The minimum absolute atomic E-state index is 0.303. The van der Waals surface area contributed by atoms with Gasteiger partial charge in [0.1, 0.15) is 10.3 Å². The number of halogens is 1. The third-order valence-electron chi connectivity index (χ3n) is 1.84. The van der Waals surface area contributed by atoms with E-state index >= 15 is 0 Å². The summed E-state index contributed by atoms with van der Waals surface area (Å²) in [5.41, 5.74) is 0.753. The molecule has 0 fully saturated rings. The van der Waals surface area contributed by atoms with Crippen molar-refractivity contribution in [2.45, 2.75) is 0 Å². The van der Waals surface area contributed by atoms with Crippen molar-refractivity contribution in [2.24, 2.45) is 0 Å². The molecule has 0 unspecified atom stereocenters. The van der Waals surface area contributed by atoms with E-state index in [0.717, 1.165) is 14.8 Å². The Balaban J connectivity index is 2.14. The second-order valence-electron chi connectivity index (χ2n) is 3.12. The third kappa shape index (κ3) is 3.01. The fourth-order valence-corrected chi connectivity index (χ4v) is 2.26. The average molecular weight is 313 g/mol. The molecule has 0 aromatic carbocycles. The lowest BCUT2D eigenvalue weighted by Gasteiger charge is -2.00. The molecule has 0 radical (unpaired) electrons. The highest BCUT2D eigenvalue weighted by Gasteiger charge is 2.07. The first-order valence-corrected chi connectivity index (χ1v) is 6.38. The van der Waals surface area contributed by atoms with Crippen molar-refractivity contribution < 1.29 is 4.79 Å². The van der Waals surface area contributed by atoms with Crippen molar-refractivity contribution in [2.75, 3.05) is 11.9 Å². The number of amides is 2. The Hall–Kier alpha value is -1.47. The lowest BCUT2D eigenvalue weighted by molar-refractivity contribution is 0.253. The van der Waals surface area contributed by atoms with Crippen LogP contribution in [0.25, 0.3) is 10.3 Å². The number of fused-ring (bicyclic) bond motifs is 1. The van der Waals surface area contributed by atoms with Gasteiger partial charge < -0.3 is 5.32 Å². The highest BCUT2D eigenvalue weighted by atomic mass is 79.9. The number of pyridine rings is 1. The summed E-state index contributed by atoms with van der Waals surface area (Å²) in [7, 11) is 0. The molecule has 17 heavy (non-hydrogen) atoms. The number of nitrogens with one attached hydrogen (secondary N) is 2. The Morgan fingerprint density at radius 2 is 2.47 bits per heavy atom. The molecule has 2 aromatic heterocycles. The van der Waals surface area contributed by atoms with Crippen molar-refractivity contribution >= 4 is 48.8 Å². The van der Waals surface area contributed by atoms with Gasteiger partial charge in [-0.25, -0.2) is 14.8 Å². The summed E-state index contributed by atoms with van der Waals surface area (Å²) in [6.07, 6.45) is 3.30. The van der Waals surface area contributed by atoms with Crippen LogP contribution < -0.4 is 10.6 Å². The summed E-state index contributed by atoms with van der Waals surface area (Å²) in [6.45, 7) is 3.93. The van der Waals surface area contributed by atoms with Crippen LogP contribution in [0.5, 0.6) is 0 Å². The number of nitrogens with zero attached hydrogens (tertiary/aromatic N) is 2. The summed E-state index contributed by atoms with van der Waals surface area (Å²) >= 11 is 4.65. The topological polar surface area (TPSA) is 66.9 Å². The maximum atomic E-state index is 11.4. The monoisotopic (exact) mass is 312 g/mol. The van der Waals surface area contributed by atoms with Crippen molar-refractivity contribution in [1.29, 1.82) is 0 Å². The Morgan fingerprint density at radius 1 is 1.65 bits per heavy atom. The molecule has 0 atom stereocenters. The Bertz CT molecular complexity index is 568. The molecule has 0 aliphatic heterocycles. The first-order valence-electron chi connectivity index (χ1n) is 4.77. The summed E-state index contributed by atoms with van der Waals surface area (Å²) in [5, 5.41) is 5.77. The van der Waals surface area contributed by atoms with Gasteiger partial charge in [0.05, 0.1) is 0 Å². The number of urea groups is 1. The predicted octanol–water partition coefficient (Wildman–Crippen LogP) is 2.76. The maximum Gasteiger partial charge on any atom is 0.321 e. The van der Waals surface area contributed by atoms with Crippen LogP contribution in [-0.4, -0.2) is 22.5 Å². The highest BCUT2D eigenvalue weighted by Crippen LogP contribution is 2.25. The lowest BCUT2D eigenvalue weighted by atomic mass is 10.5. The molecule has 0 aliphatic carbocycles. The quantitative estimate of drug-likeness (QED) is 0.856. The van der Waals surface area contributed by atoms with Crippen LogP contribution >= 0.6 is 27.3 Å². The molecule has 2 heterocycles. The number of carbonyl (C=O) groups is 1. The SMILES string of the molecule is C=CCNC(=O)Nc1nc2cc(Br)cnc2s1. The minimum Gasteiger partial charge on any atom is -0.334 e. The van der Waals surface area contributed by atoms with Crippen LogP contribution in [0.4, 0.5) is 9.93 Å². The molecule has 2 N–H and O–H groups in total. The summed E-state index contributed by atoms with van der Waals surface area (Å²) in [6, 6.07) is 1.55. The Kier molecular flexibility index (Phi) is 3.70. The maximum absolute atomic E-state index is 11.4. The molecule has 7 heteroatoms. The summed E-state index contributed by atoms with van der Waals surface area (Å²) in [5.74, 6) is 0. The van der Waals surface area contributed by atoms with E-state index in [1.165, 1.54) is 11.3 Å². The predicted molar refractivity (Wildman–Crippen MR) is 72.3 cm³/mol. The van der Waals surface area contributed by atoms with E-state index < -0.39 is 0 Å². The van der Waals surface area contributed by atoms with Gasteiger partial charge in [-0.15, -0.1) is 6.58 Å². The van der Waals surface area contributed by atoms with Gasteiger partial charge in [-0.1, -0.05) is 17.4 Å². The number of carbonyl (C=O) groups excluding carboxylic acids is 1. The largest absolute Gasteiger partial charge is 0.334 e. The van der Waals surface area contributed by atoms with Gasteiger partial charge in [-0.3, -0.25) is 5.32 Å². The smallest absolute Gasteiger partial charge is 0.321 e. The van der Waals surface area contributed by atoms with E-state index in [1.54, 1.807) is 12.3 Å². The standard InChI is InChI=1S/C10H9BrN4OS/c1-2-3-12-9(16)15-10-14-7-4-6(11)5-13-8(7)17-10/h2,4-5H,1,3H2,(H2,12,14,15,16). The van der Waals surface area contributed by atoms with Gasteiger partial charge in [-0.05, 0) is 22.0 Å². The van der Waals surface area contributed by atoms with Crippen LogP contribution in [0, 0.1) is 0 Å². The first-order chi connectivity index (χ1) is 8.19. The number of rotatable bonds is 3. The van der Waals surface area contributed by atoms with E-state index in [1.807, 2.05) is 6.07 Å². The zero-order chi connectivity index (χ0) is 12.3. The molecule has 88 valence electrons. The Morgan fingerprint density at radius 3 is 3.24 bits per heavy atom. The second kappa shape index (κ2) is 5.24. The van der Waals surface area contributed by atoms with E-state index in [2.05, 4.69) is 43.1 Å². The van der Waals surface area contributed by atoms with Gasteiger partial charge in [0.25, 0.3) is 0 Å². The van der Waals surface area contributed by atoms with Crippen LogP contribution in [0.2, 0.25) is 0 Å². The number of aromatic nitrogens is 2. The molecule has 0 aliphatic rings. The lowest BCUT2D eigenvalue weighted by Crippen LogP contribution is -2.28. The molecule has 0 saturated heterocycles. The van der Waals surface area contributed by atoms with Crippen molar-refractivity contribution in [3.8, 4) is 0 Å². The van der Waals surface area contributed by atoms with Gasteiger partial charge in [0.2, 0.25) is 0 Å². The first kappa shape index (κ1) is 12.0. The van der Waals surface area contributed by atoms with Crippen LogP contribution in [0.15, 0.2) is 29.4 Å². The van der Waals surface area contributed by atoms with Crippen molar-refractivity contribution in [3.63, 3.8) is 0 Å². The fraction of sp³-hybridized carbons (Fsp3) is 0.100. The molecular formula is C10H9BrN4OS. The molecule has 0 saturated carbocycles. The zero-order valence-electron chi connectivity index (χ0n) is 8.74. The number of hydrogen-bond donors (Lipinski definition) is 2. The van der Waals surface area contributed by atoms with Gasteiger partial charge in [-0.2, -0.15) is 0 Å². The molecule has 0 bridgehead atoms. The normalized spacial score (nSPS) is 10.2. The van der Waals surface area contributed by atoms with Gasteiger partial charge >= 0.3 is 6.03 Å². The van der Waals surface area contributed by atoms with Crippen LogP contribution in [0.3, 0.4) is 0 Å². The minimum atomic E-state index is -0.303.